The van der Waals surface area contributed by atoms with Crippen LogP contribution >= 0.6 is 0 Å². The monoisotopic (exact) mass is 492 g/mol. The Balaban J connectivity index is 1.45. The van der Waals surface area contributed by atoms with Crippen molar-refractivity contribution in [1.29, 1.82) is 0 Å². The van der Waals surface area contributed by atoms with Crippen LogP contribution in [0.2, 0.25) is 0 Å². The van der Waals surface area contributed by atoms with E-state index in [1.54, 1.807) is 19.2 Å². The fourth-order valence-corrected chi connectivity index (χ4v) is 5.20. The summed E-state index contributed by atoms with van der Waals surface area (Å²) in [6, 6.07) is 10.7. The molecule has 1 saturated carbocycles. The van der Waals surface area contributed by atoms with Gasteiger partial charge < -0.3 is 19.5 Å². The van der Waals surface area contributed by atoms with Gasteiger partial charge in [0.1, 0.15) is 5.82 Å². The van der Waals surface area contributed by atoms with E-state index in [0.29, 0.717) is 13.2 Å². The van der Waals surface area contributed by atoms with Crippen molar-refractivity contribution in [3.63, 3.8) is 0 Å². The highest BCUT2D eigenvalue weighted by atomic mass is 19.1. The van der Waals surface area contributed by atoms with Gasteiger partial charge in [0, 0.05) is 69.6 Å². The number of amides is 1. The molecule has 0 bridgehead atoms. The summed E-state index contributed by atoms with van der Waals surface area (Å²) in [4.78, 5) is 17.9. The van der Waals surface area contributed by atoms with Gasteiger partial charge in [-0.3, -0.25) is 9.69 Å². The van der Waals surface area contributed by atoms with E-state index in [1.807, 2.05) is 11.0 Å². The molecule has 5 rings (SSSR count). The van der Waals surface area contributed by atoms with Gasteiger partial charge in [-0.2, -0.15) is 0 Å². The maximum atomic E-state index is 13.6. The first-order chi connectivity index (χ1) is 17.4. The van der Waals surface area contributed by atoms with Gasteiger partial charge >= 0.3 is 0 Å². The molecule has 3 aromatic rings. The number of halogens is 1. The molecular formula is C29H37FN4O2. The summed E-state index contributed by atoms with van der Waals surface area (Å²) < 4.78 is 21.0. The number of carbonyl (C=O) groups excluding carboxylic acids is 1. The minimum absolute atomic E-state index is 0.0834. The molecule has 7 heteroatoms. The van der Waals surface area contributed by atoms with E-state index in [2.05, 4.69) is 34.7 Å². The molecular weight excluding hydrogens is 455 g/mol. The van der Waals surface area contributed by atoms with Crippen molar-refractivity contribution in [2.75, 3.05) is 51.8 Å². The zero-order valence-electron chi connectivity index (χ0n) is 21.6. The molecule has 1 saturated heterocycles. The molecule has 2 heterocycles. The third kappa shape index (κ3) is 5.27. The van der Waals surface area contributed by atoms with Crippen molar-refractivity contribution in [3.8, 4) is 0 Å². The highest BCUT2D eigenvalue weighted by Crippen LogP contribution is 2.38. The van der Waals surface area contributed by atoms with Crippen LogP contribution in [0.4, 0.5) is 10.1 Å². The summed E-state index contributed by atoms with van der Waals surface area (Å²) in [5.41, 5.74) is 6.35. The van der Waals surface area contributed by atoms with Gasteiger partial charge in [-0.05, 0) is 68.0 Å². The van der Waals surface area contributed by atoms with E-state index in [0.717, 1.165) is 67.4 Å². The molecule has 1 aliphatic heterocycles. The predicted molar refractivity (Wildman–Crippen MR) is 142 cm³/mol. The molecule has 36 heavy (non-hydrogen) atoms. The molecule has 6 nitrogen and oxygen atoms in total. The van der Waals surface area contributed by atoms with Crippen LogP contribution in [0.15, 0.2) is 36.4 Å². The number of aromatic nitrogens is 1. The Labute approximate surface area is 213 Å². The number of piperazine rings is 1. The van der Waals surface area contributed by atoms with Gasteiger partial charge in [-0.15, -0.1) is 0 Å². The maximum Gasteiger partial charge on any atom is 0.254 e. The van der Waals surface area contributed by atoms with E-state index in [1.165, 1.54) is 41.7 Å². The molecule has 0 spiro atoms. The number of carbonyl (C=O) groups is 1. The molecule has 192 valence electrons. The molecule has 1 aromatic heterocycles. The third-order valence-electron chi connectivity index (χ3n) is 7.78. The number of benzene rings is 2. The Hall–Kier alpha value is -2.90. The fourth-order valence-electron chi connectivity index (χ4n) is 5.20. The largest absolute Gasteiger partial charge is 0.383 e. The summed E-state index contributed by atoms with van der Waals surface area (Å²) in [6.07, 6.45) is 2.56. The minimum atomic E-state index is -0.236. The van der Waals surface area contributed by atoms with Crippen LogP contribution in [-0.2, 0) is 17.8 Å². The summed E-state index contributed by atoms with van der Waals surface area (Å²) in [5.74, 6) is 0.583. The molecule has 0 unspecified atom stereocenters. The van der Waals surface area contributed by atoms with Gasteiger partial charge in [-0.1, -0.05) is 12.1 Å². The zero-order valence-corrected chi connectivity index (χ0v) is 21.6. The van der Waals surface area contributed by atoms with Crippen molar-refractivity contribution in [1.82, 2.24) is 14.4 Å². The number of fused-ring (bicyclic) bond motifs is 1. The number of hydrogen-bond donors (Lipinski definition) is 1. The quantitative estimate of drug-likeness (QED) is 0.465. The van der Waals surface area contributed by atoms with Crippen molar-refractivity contribution >= 4 is 22.5 Å². The van der Waals surface area contributed by atoms with Gasteiger partial charge in [0.15, 0.2) is 0 Å². The number of nitrogens with one attached hydrogen (secondary N) is 1. The Kier molecular flexibility index (Phi) is 7.30. The number of aryl methyl sites for hydroxylation is 1. The molecule has 2 aliphatic rings. The van der Waals surface area contributed by atoms with E-state index in [4.69, 9.17) is 4.74 Å². The first kappa shape index (κ1) is 24.8. The smallest absolute Gasteiger partial charge is 0.254 e. The molecule has 1 N–H and O–H groups in total. The Morgan fingerprint density at radius 3 is 2.47 bits per heavy atom. The fraction of sp³-hybridized carbons (Fsp3) is 0.483. The van der Waals surface area contributed by atoms with Gasteiger partial charge in [0.05, 0.1) is 17.8 Å². The van der Waals surface area contributed by atoms with Crippen LogP contribution < -0.4 is 5.32 Å². The maximum absolute atomic E-state index is 13.6. The second-order valence-electron chi connectivity index (χ2n) is 10.3. The highest BCUT2D eigenvalue weighted by Gasteiger charge is 2.27. The number of anilines is 1. The lowest BCUT2D eigenvalue weighted by atomic mass is 10.1. The molecule has 1 aliphatic carbocycles. The standard InChI is InChI=1S/C29H37FN4O2/c1-20-21(2)34(19-23-4-5-23)28-26(20)16-24(17-27(28)31-18-22-6-8-25(30)9-7-22)29(35)33-12-10-32(11-13-33)14-15-36-3/h6-9,16-17,23,31H,4-5,10-15,18-19H2,1-3H3. The average Bonchev–Trinajstić information content (AvgIpc) is 3.69. The first-order valence-electron chi connectivity index (χ1n) is 13.1. The second kappa shape index (κ2) is 10.6. The van der Waals surface area contributed by atoms with Crippen LogP contribution in [0.5, 0.6) is 0 Å². The van der Waals surface area contributed by atoms with E-state index >= 15 is 0 Å². The van der Waals surface area contributed by atoms with E-state index in [9.17, 15) is 9.18 Å². The Morgan fingerprint density at radius 1 is 1.08 bits per heavy atom. The van der Waals surface area contributed by atoms with Crippen molar-refractivity contribution < 1.29 is 13.9 Å². The highest BCUT2D eigenvalue weighted by molar-refractivity contribution is 6.04. The number of rotatable bonds is 9. The number of hydrogen-bond acceptors (Lipinski definition) is 4. The van der Waals surface area contributed by atoms with Crippen LogP contribution in [0, 0.1) is 25.6 Å². The Morgan fingerprint density at radius 2 is 1.81 bits per heavy atom. The van der Waals surface area contributed by atoms with Gasteiger partial charge in [0.2, 0.25) is 0 Å². The van der Waals surface area contributed by atoms with Gasteiger partial charge in [0.25, 0.3) is 5.91 Å². The van der Waals surface area contributed by atoms with Gasteiger partial charge in [-0.25, -0.2) is 4.39 Å². The summed E-state index contributed by atoms with van der Waals surface area (Å²) in [6.45, 7) is 10.7. The number of nitrogens with zero attached hydrogens (tertiary/aromatic N) is 3. The molecule has 2 fully saturated rings. The van der Waals surface area contributed by atoms with E-state index in [-0.39, 0.29) is 11.7 Å². The lowest BCUT2D eigenvalue weighted by Gasteiger charge is -2.34. The summed E-state index contributed by atoms with van der Waals surface area (Å²) in [7, 11) is 1.72. The van der Waals surface area contributed by atoms with Crippen LogP contribution in [0.3, 0.4) is 0 Å². The Bertz CT molecular complexity index is 1220. The zero-order chi connectivity index (χ0) is 25.2. The van der Waals surface area contributed by atoms with E-state index < -0.39 is 0 Å². The van der Waals surface area contributed by atoms with Crippen molar-refractivity contribution in [3.05, 3.63) is 64.6 Å². The molecule has 1 amide bonds. The third-order valence-corrected chi connectivity index (χ3v) is 7.78. The summed E-state index contributed by atoms with van der Waals surface area (Å²) >= 11 is 0. The predicted octanol–water partition coefficient (Wildman–Crippen LogP) is 4.82. The SMILES string of the molecule is COCCN1CCN(C(=O)c2cc(NCc3ccc(F)cc3)c3c(c2)c(C)c(C)n3CC2CC2)CC1. The topological polar surface area (TPSA) is 49.7 Å². The lowest BCUT2D eigenvalue weighted by molar-refractivity contribution is 0.0594. The van der Waals surface area contributed by atoms with Crippen molar-refractivity contribution in [2.24, 2.45) is 5.92 Å². The normalized spacial score (nSPS) is 16.6. The molecule has 0 radical (unpaired) electrons. The second-order valence-corrected chi connectivity index (χ2v) is 10.3. The average molecular weight is 493 g/mol. The first-order valence-corrected chi connectivity index (χ1v) is 13.1. The van der Waals surface area contributed by atoms with Crippen LogP contribution in [0.1, 0.15) is 40.0 Å². The number of ether oxygens (including phenoxy) is 1. The molecule has 0 atom stereocenters. The number of methoxy groups -OCH3 is 1. The summed E-state index contributed by atoms with van der Waals surface area (Å²) in [5, 5.41) is 4.73. The minimum Gasteiger partial charge on any atom is -0.383 e. The van der Waals surface area contributed by atoms with Crippen LogP contribution in [-0.4, -0.2) is 66.7 Å². The van der Waals surface area contributed by atoms with Crippen LogP contribution in [0.25, 0.3) is 10.9 Å². The van der Waals surface area contributed by atoms with Crippen molar-refractivity contribution in [2.45, 2.75) is 39.8 Å². The lowest BCUT2D eigenvalue weighted by Crippen LogP contribution is -2.49. The molecule has 2 aromatic carbocycles.